The quantitative estimate of drug-likeness (QED) is 0.829. The molecule has 3 atom stereocenters. The van der Waals surface area contributed by atoms with Gasteiger partial charge in [-0.2, -0.15) is 0 Å². The lowest BCUT2D eigenvalue weighted by molar-refractivity contribution is 0.140. The van der Waals surface area contributed by atoms with Crippen LogP contribution in [0.25, 0.3) is 5.57 Å². The summed E-state index contributed by atoms with van der Waals surface area (Å²) in [5.74, 6) is 0. The summed E-state index contributed by atoms with van der Waals surface area (Å²) in [4.78, 5) is 0.661. The van der Waals surface area contributed by atoms with Gasteiger partial charge in [-0.15, -0.1) is 0 Å². The number of hydrogen-bond donors (Lipinski definition) is 0. The third-order valence-corrected chi connectivity index (χ3v) is 5.10. The van der Waals surface area contributed by atoms with E-state index in [1.165, 1.54) is 0 Å². The molecule has 110 valence electrons. The second-order valence-electron chi connectivity index (χ2n) is 5.54. The highest BCUT2D eigenvalue weighted by atomic mass is 32.2. The van der Waals surface area contributed by atoms with Crippen LogP contribution >= 0.6 is 0 Å². The van der Waals surface area contributed by atoms with Crippen LogP contribution in [0.3, 0.4) is 0 Å². The summed E-state index contributed by atoms with van der Waals surface area (Å²) >= 11 is -1.61. The largest absolute Gasteiger partial charge is 0.280 e. The number of halogens is 1. The van der Waals surface area contributed by atoms with Crippen molar-refractivity contribution in [1.29, 1.82) is 0 Å². The molecule has 0 radical (unpaired) electrons. The zero-order valence-electron chi connectivity index (χ0n) is 12.2. The number of rotatable bonds is 4. The maximum absolute atomic E-state index is 13.6. The van der Waals surface area contributed by atoms with Gasteiger partial charge in [0.05, 0.1) is 4.90 Å². The third-order valence-electron chi connectivity index (χ3n) is 3.70. The van der Waals surface area contributed by atoms with Crippen molar-refractivity contribution in [1.82, 2.24) is 0 Å². The normalized spacial score (nSPS) is 23.8. The van der Waals surface area contributed by atoms with Crippen LogP contribution in [0, 0.1) is 13.8 Å². The van der Waals surface area contributed by atoms with E-state index in [1.807, 2.05) is 32.9 Å². The fraction of sp³-hybridized carbons (Fsp3) is 0.500. The van der Waals surface area contributed by atoms with Gasteiger partial charge in [0.1, 0.15) is 12.3 Å². The molecule has 1 aliphatic carbocycles. The summed E-state index contributed by atoms with van der Waals surface area (Å²) in [5, 5.41) is 0. The first-order valence-corrected chi connectivity index (χ1v) is 7.97. The Morgan fingerprint density at radius 3 is 2.40 bits per heavy atom. The molecule has 0 bridgehead atoms. The van der Waals surface area contributed by atoms with Gasteiger partial charge in [0.25, 0.3) is 0 Å². The molecule has 2 rings (SSSR count). The minimum Gasteiger partial charge on any atom is -0.280 e. The van der Waals surface area contributed by atoms with E-state index in [2.05, 4.69) is 6.58 Å². The first-order chi connectivity index (χ1) is 9.40. The molecule has 0 aliphatic heterocycles. The first kappa shape index (κ1) is 15.4. The first-order valence-electron chi connectivity index (χ1n) is 6.90. The van der Waals surface area contributed by atoms with Crippen LogP contribution in [-0.2, 0) is 15.3 Å². The van der Waals surface area contributed by atoms with E-state index in [-0.39, 0.29) is 0 Å². The molecule has 1 saturated carbocycles. The van der Waals surface area contributed by atoms with Crippen LogP contribution in [-0.4, -0.2) is 16.5 Å². The Morgan fingerprint density at radius 1 is 1.35 bits per heavy atom. The number of benzene rings is 1. The average molecular weight is 296 g/mol. The van der Waals surface area contributed by atoms with E-state index in [4.69, 9.17) is 4.18 Å². The van der Waals surface area contributed by atoms with Crippen molar-refractivity contribution in [2.24, 2.45) is 0 Å². The van der Waals surface area contributed by atoms with Crippen LogP contribution in [0.5, 0.6) is 0 Å². The van der Waals surface area contributed by atoms with Gasteiger partial charge < -0.3 is 0 Å². The van der Waals surface area contributed by atoms with Crippen LogP contribution in [0.1, 0.15) is 42.9 Å². The van der Waals surface area contributed by atoms with Crippen LogP contribution < -0.4 is 0 Å². The minimum atomic E-state index is -1.61. The monoisotopic (exact) mass is 296 g/mol. The summed E-state index contributed by atoms with van der Waals surface area (Å²) in [6.45, 7) is 9.66. The molecule has 1 aromatic rings. The van der Waals surface area contributed by atoms with Gasteiger partial charge in [0.2, 0.25) is 0 Å². The smallest absolute Gasteiger partial charge is 0.190 e. The van der Waals surface area contributed by atoms with Crippen molar-refractivity contribution in [2.45, 2.75) is 57.2 Å². The lowest BCUT2D eigenvalue weighted by atomic mass is 10.0. The molecule has 0 spiro atoms. The van der Waals surface area contributed by atoms with Crippen molar-refractivity contribution in [3.63, 3.8) is 0 Å². The molecular formula is C16H21FO2S. The molecule has 1 aliphatic rings. The van der Waals surface area contributed by atoms with E-state index < -0.39 is 23.4 Å². The predicted molar refractivity (Wildman–Crippen MR) is 80.7 cm³/mol. The molecule has 1 fully saturated rings. The molecule has 1 unspecified atom stereocenters. The van der Waals surface area contributed by atoms with Gasteiger partial charge in [-0.3, -0.25) is 4.18 Å². The fourth-order valence-corrected chi connectivity index (χ4v) is 3.79. The van der Waals surface area contributed by atoms with Crippen molar-refractivity contribution in [3.8, 4) is 0 Å². The number of hydrogen-bond acceptors (Lipinski definition) is 2. The number of alkyl halides is 1. The molecule has 20 heavy (non-hydrogen) atoms. The standard InChI is InChI=1S/C16H21FO2S/c1-10(2)13-8-11(3)16(12(4)9-13)20(18)19-15-7-5-6-14(15)17/h8-9,14-15H,1,5-7H2,2-4H3/t14-,15-,20?/m1/s1. The maximum atomic E-state index is 13.6. The van der Waals surface area contributed by atoms with Crippen LogP contribution in [0.2, 0.25) is 0 Å². The van der Waals surface area contributed by atoms with E-state index in [0.29, 0.717) is 17.7 Å². The molecule has 2 nitrogen and oxygen atoms in total. The highest BCUT2D eigenvalue weighted by Gasteiger charge is 2.30. The minimum absolute atomic E-state index is 0.508. The number of allylic oxidation sites excluding steroid dienone is 1. The summed E-state index contributed by atoms with van der Waals surface area (Å²) in [7, 11) is 0. The Hall–Kier alpha value is -1.00. The average Bonchev–Trinajstić information content (AvgIpc) is 2.74. The summed E-state index contributed by atoms with van der Waals surface area (Å²) in [6, 6.07) is 3.90. The van der Waals surface area contributed by atoms with Crippen molar-refractivity contribution in [2.75, 3.05) is 0 Å². The zero-order valence-corrected chi connectivity index (χ0v) is 13.1. The summed E-state index contributed by atoms with van der Waals surface area (Å²) in [5.41, 5.74) is 3.79. The molecular weight excluding hydrogens is 275 g/mol. The van der Waals surface area contributed by atoms with Gasteiger partial charge in [0, 0.05) is 0 Å². The topological polar surface area (TPSA) is 26.3 Å². The van der Waals surface area contributed by atoms with Gasteiger partial charge >= 0.3 is 0 Å². The van der Waals surface area contributed by atoms with E-state index in [1.54, 1.807) is 0 Å². The van der Waals surface area contributed by atoms with Gasteiger partial charge in [-0.25, -0.2) is 8.60 Å². The highest BCUT2D eigenvalue weighted by molar-refractivity contribution is 7.80. The molecule has 0 heterocycles. The Bertz CT molecular complexity index is 530. The summed E-state index contributed by atoms with van der Waals surface area (Å²) < 4.78 is 31.4. The van der Waals surface area contributed by atoms with Crippen LogP contribution in [0.15, 0.2) is 23.6 Å². The SMILES string of the molecule is C=C(C)c1cc(C)c(S(=O)O[C@@H]2CCC[C@H]2F)c(C)c1. The second kappa shape index (κ2) is 6.19. The van der Waals surface area contributed by atoms with Gasteiger partial charge in [-0.05, 0) is 56.7 Å². The van der Waals surface area contributed by atoms with E-state index in [0.717, 1.165) is 28.7 Å². The van der Waals surface area contributed by atoms with Gasteiger partial charge in [0.15, 0.2) is 11.1 Å². The fourth-order valence-electron chi connectivity index (χ4n) is 2.61. The third kappa shape index (κ3) is 3.18. The molecule has 0 saturated heterocycles. The summed E-state index contributed by atoms with van der Waals surface area (Å²) in [6.07, 6.45) is 0.434. The number of aryl methyl sites for hydroxylation is 2. The molecule has 4 heteroatoms. The maximum Gasteiger partial charge on any atom is 0.190 e. The molecule has 0 aromatic heterocycles. The van der Waals surface area contributed by atoms with Crippen molar-refractivity contribution >= 4 is 16.7 Å². The Kier molecular flexibility index (Phi) is 4.76. The Balaban J connectivity index is 2.23. The second-order valence-corrected chi connectivity index (χ2v) is 6.61. The molecule has 0 amide bonds. The predicted octanol–water partition coefficient (Wildman–Crippen LogP) is 4.27. The van der Waals surface area contributed by atoms with E-state index >= 15 is 0 Å². The Labute approximate surface area is 122 Å². The zero-order chi connectivity index (χ0) is 14.9. The van der Waals surface area contributed by atoms with Crippen LogP contribution in [0.4, 0.5) is 4.39 Å². The van der Waals surface area contributed by atoms with Crippen molar-refractivity contribution < 1.29 is 12.8 Å². The lowest BCUT2D eigenvalue weighted by Gasteiger charge is -2.16. The molecule has 1 aromatic carbocycles. The lowest BCUT2D eigenvalue weighted by Crippen LogP contribution is -2.21. The molecule has 0 N–H and O–H groups in total. The Morgan fingerprint density at radius 2 is 1.95 bits per heavy atom. The van der Waals surface area contributed by atoms with E-state index in [9.17, 15) is 8.60 Å². The van der Waals surface area contributed by atoms with Gasteiger partial charge in [-0.1, -0.05) is 24.3 Å². The highest BCUT2D eigenvalue weighted by Crippen LogP contribution is 2.29. The van der Waals surface area contributed by atoms with Crippen molar-refractivity contribution in [3.05, 3.63) is 35.4 Å².